The summed E-state index contributed by atoms with van der Waals surface area (Å²) in [6, 6.07) is 5.45. The van der Waals surface area contributed by atoms with Crippen molar-refractivity contribution in [3.63, 3.8) is 0 Å². The van der Waals surface area contributed by atoms with Crippen LogP contribution >= 0.6 is 0 Å². The maximum atomic E-state index is 12.3. The Morgan fingerprint density at radius 2 is 2.00 bits per heavy atom. The number of rotatable bonds is 3. The van der Waals surface area contributed by atoms with E-state index in [0.29, 0.717) is 5.56 Å². The number of aromatic nitrogens is 2. The lowest BCUT2D eigenvalue weighted by Gasteiger charge is -2.13. The lowest BCUT2D eigenvalue weighted by atomic mass is 10.1. The van der Waals surface area contributed by atoms with Crippen LogP contribution in [0.5, 0.6) is 0 Å². The third kappa shape index (κ3) is 2.47. The van der Waals surface area contributed by atoms with E-state index in [9.17, 15) is 9.59 Å². The molecule has 0 aliphatic rings. The SMILES string of the molecule is Cc1cccnc1Cn1c(C)cc(C)c(C(=O)O)c1=O. The average molecular weight is 272 g/mol. The minimum atomic E-state index is -1.20. The molecule has 2 aromatic heterocycles. The van der Waals surface area contributed by atoms with Crippen molar-refractivity contribution < 1.29 is 9.90 Å². The fourth-order valence-corrected chi connectivity index (χ4v) is 2.22. The van der Waals surface area contributed by atoms with Crippen molar-refractivity contribution in [3.8, 4) is 0 Å². The minimum Gasteiger partial charge on any atom is -0.477 e. The number of aryl methyl sites for hydroxylation is 3. The first-order valence-electron chi connectivity index (χ1n) is 6.26. The zero-order valence-electron chi connectivity index (χ0n) is 11.7. The van der Waals surface area contributed by atoms with Gasteiger partial charge in [-0.05, 0) is 44.0 Å². The number of carboxylic acids is 1. The molecule has 104 valence electrons. The molecule has 0 atom stereocenters. The van der Waals surface area contributed by atoms with Gasteiger partial charge in [-0.1, -0.05) is 6.07 Å². The first-order valence-corrected chi connectivity index (χ1v) is 6.26. The van der Waals surface area contributed by atoms with Crippen LogP contribution in [0.2, 0.25) is 0 Å². The van der Waals surface area contributed by atoms with E-state index in [1.807, 2.05) is 19.1 Å². The Morgan fingerprint density at radius 3 is 2.60 bits per heavy atom. The van der Waals surface area contributed by atoms with E-state index in [0.717, 1.165) is 17.0 Å². The van der Waals surface area contributed by atoms with Crippen molar-refractivity contribution in [1.29, 1.82) is 0 Å². The van der Waals surface area contributed by atoms with E-state index < -0.39 is 11.5 Å². The highest BCUT2D eigenvalue weighted by Crippen LogP contribution is 2.10. The fourth-order valence-electron chi connectivity index (χ4n) is 2.22. The number of carboxylic acid groups (broad SMARTS) is 1. The van der Waals surface area contributed by atoms with Gasteiger partial charge in [0.25, 0.3) is 5.56 Å². The summed E-state index contributed by atoms with van der Waals surface area (Å²) in [6.45, 7) is 5.61. The Hall–Kier alpha value is -2.43. The highest BCUT2D eigenvalue weighted by molar-refractivity contribution is 5.88. The monoisotopic (exact) mass is 272 g/mol. The topological polar surface area (TPSA) is 72.2 Å². The molecule has 0 aliphatic carbocycles. The standard InChI is InChI=1S/C15H16N2O3/c1-9-5-4-6-16-12(9)8-17-11(3)7-10(2)13(14(17)18)15(19)20/h4-7H,8H2,1-3H3,(H,19,20). The van der Waals surface area contributed by atoms with Gasteiger partial charge in [-0.15, -0.1) is 0 Å². The molecule has 5 heteroatoms. The van der Waals surface area contributed by atoms with Crippen LogP contribution in [0, 0.1) is 20.8 Å². The molecular formula is C15H16N2O3. The van der Waals surface area contributed by atoms with Crippen LogP contribution in [0.4, 0.5) is 0 Å². The molecular weight excluding hydrogens is 256 g/mol. The Labute approximate surface area is 116 Å². The molecule has 0 saturated carbocycles. The van der Waals surface area contributed by atoms with Gasteiger partial charge in [0.1, 0.15) is 5.56 Å². The second kappa shape index (κ2) is 5.28. The largest absolute Gasteiger partial charge is 0.477 e. The zero-order chi connectivity index (χ0) is 14.9. The molecule has 2 rings (SSSR count). The number of carbonyl (C=O) groups is 1. The number of pyridine rings is 2. The molecule has 0 aromatic carbocycles. The fraction of sp³-hybridized carbons (Fsp3) is 0.267. The molecule has 20 heavy (non-hydrogen) atoms. The van der Waals surface area contributed by atoms with Crippen LogP contribution in [0.1, 0.15) is 32.9 Å². The summed E-state index contributed by atoms with van der Waals surface area (Å²) in [7, 11) is 0. The third-order valence-corrected chi connectivity index (χ3v) is 3.34. The van der Waals surface area contributed by atoms with Crippen LogP contribution in [0.25, 0.3) is 0 Å². The van der Waals surface area contributed by atoms with Gasteiger partial charge >= 0.3 is 5.97 Å². The van der Waals surface area contributed by atoms with E-state index >= 15 is 0 Å². The maximum Gasteiger partial charge on any atom is 0.341 e. The highest BCUT2D eigenvalue weighted by atomic mass is 16.4. The van der Waals surface area contributed by atoms with Gasteiger partial charge in [0, 0.05) is 11.9 Å². The summed E-state index contributed by atoms with van der Waals surface area (Å²) >= 11 is 0. The van der Waals surface area contributed by atoms with Crippen LogP contribution in [-0.2, 0) is 6.54 Å². The van der Waals surface area contributed by atoms with Gasteiger partial charge < -0.3 is 9.67 Å². The van der Waals surface area contributed by atoms with Gasteiger partial charge in [-0.3, -0.25) is 9.78 Å². The van der Waals surface area contributed by atoms with Crippen molar-refractivity contribution in [3.05, 3.63) is 62.8 Å². The van der Waals surface area contributed by atoms with Crippen LogP contribution in [0.15, 0.2) is 29.2 Å². The lowest BCUT2D eigenvalue weighted by molar-refractivity contribution is 0.0693. The van der Waals surface area contributed by atoms with Crippen LogP contribution in [0.3, 0.4) is 0 Å². The summed E-state index contributed by atoms with van der Waals surface area (Å²) < 4.78 is 1.45. The Bertz CT molecular complexity index is 732. The second-order valence-corrected chi connectivity index (χ2v) is 4.81. The molecule has 0 spiro atoms. The molecule has 0 amide bonds. The first kappa shape index (κ1) is 14.0. The molecule has 2 heterocycles. The van der Waals surface area contributed by atoms with E-state index in [1.165, 1.54) is 4.57 Å². The van der Waals surface area contributed by atoms with E-state index in [2.05, 4.69) is 4.98 Å². The van der Waals surface area contributed by atoms with Crippen molar-refractivity contribution in [2.45, 2.75) is 27.3 Å². The van der Waals surface area contributed by atoms with E-state index in [4.69, 9.17) is 5.11 Å². The summed E-state index contributed by atoms with van der Waals surface area (Å²) in [4.78, 5) is 27.8. The predicted molar refractivity (Wildman–Crippen MR) is 75.2 cm³/mol. The molecule has 0 unspecified atom stereocenters. The van der Waals surface area contributed by atoms with Crippen LogP contribution < -0.4 is 5.56 Å². The van der Waals surface area contributed by atoms with Crippen molar-refractivity contribution >= 4 is 5.97 Å². The van der Waals surface area contributed by atoms with Gasteiger partial charge in [0.15, 0.2) is 0 Å². The summed E-state index contributed by atoms with van der Waals surface area (Å²) in [6.07, 6.45) is 1.66. The van der Waals surface area contributed by atoms with E-state index in [-0.39, 0.29) is 12.1 Å². The Morgan fingerprint density at radius 1 is 1.30 bits per heavy atom. The number of nitrogens with zero attached hydrogens (tertiary/aromatic N) is 2. The molecule has 0 radical (unpaired) electrons. The van der Waals surface area contributed by atoms with Crippen molar-refractivity contribution in [1.82, 2.24) is 9.55 Å². The normalized spacial score (nSPS) is 10.6. The molecule has 2 aromatic rings. The zero-order valence-corrected chi connectivity index (χ0v) is 11.7. The summed E-state index contributed by atoms with van der Waals surface area (Å²) in [5, 5.41) is 9.15. The van der Waals surface area contributed by atoms with Gasteiger partial charge in [0.05, 0.1) is 12.2 Å². The molecule has 1 N–H and O–H groups in total. The smallest absolute Gasteiger partial charge is 0.341 e. The molecule has 0 bridgehead atoms. The maximum absolute atomic E-state index is 12.3. The minimum absolute atomic E-state index is 0.177. The number of hydrogen-bond donors (Lipinski definition) is 1. The van der Waals surface area contributed by atoms with Gasteiger partial charge in [0.2, 0.25) is 0 Å². The average Bonchev–Trinajstić information content (AvgIpc) is 2.35. The Kier molecular flexibility index (Phi) is 3.70. The third-order valence-electron chi connectivity index (χ3n) is 3.34. The van der Waals surface area contributed by atoms with Crippen molar-refractivity contribution in [2.24, 2.45) is 0 Å². The highest BCUT2D eigenvalue weighted by Gasteiger charge is 2.17. The Balaban J connectivity index is 2.58. The lowest BCUT2D eigenvalue weighted by Crippen LogP contribution is -2.30. The summed E-state index contributed by atoms with van der Waals surface area (Å²) in [5.41, 5.74) is 2.27. The first-order chi connectivity index (χ1) is 9.41. The number of aromatic carboxylic acids is 1. The quantitative estimate of drug-likeness (QED) is 0.926. The summed E-state index contributed by atoms with van der Waals surface area (Å²) in [5.74, 6) is -1.20. The van der Waals surface area contributed by atoms with Gasteiger partial charge in [-0.25, -0.2) is 4.79 Å². The van der Waals surface area contributed by atoms with Gasteiger partial charge in [-0.2, -0.15) is 0 Å². The molecule has 5 nitrogen and oxygen atoms in total. The molecule has 0 saturated heterocycles. The molecule has 0 fully saturated rings. The predicted octanol–water partition coefficient (Wildman–Crippen LogP) is 1.92. The number of hydrogen-bond acceptors (Lipinski definition) is 3. The van der Waals surface area contributed by atoms with Crippen molar-refractivity contribution in [2.75, 3.05) is 0 Å². The van der Waals surface area contributed by atoms with Crippen LogP contribution in [-0.4, -0.2) is 20.6 Å². The molecule has 0 aliphatic heterocycles. The van der Waals surface area contributed by atoms with E-state index in [1.54, 1.807) is 26.1 Å². The second-order valence-electron chi connectivity index (χ2n) is 4.81.